The minimum Gasteiger partial charge on any atom is -0.496 e. The molecule has 2 amide bonds. The zero-order valence-corrected chi connectivity index (χ0v) is 34.3. The van der Waals surface area contributed by atoms with Crippen LogP contribution in [-0.2, 0) is 40.4 Å². The van der Waals surface area contributed by atoms with E-state index < -0.39 is 47.1 Å². The van der Waals surface area contributed by atoms with Crippen molar-refractivity contribution in [1.29, 1.82) is 0 Å². The molecular formula is C48H44F6N4O4. The summed E-state index contributed by atoms with van der Waals surface area (Å²) in [5.41, 5.74) is -0.515. The highest BCUT2D eigenvalue weighted by molar-refractivity contribution is 6.08. The topological polar surface area (TPSA) is 95.9 Å². The van der Waals surface area contributed by atoms with Crippen molar-refractivity contribution in [2.75, 3.05) is 30.0 Å². The quantitative estimate of drug-likeness (QED) is 0.110. The van der Waals surface area contributed by atoms with Gasteiger partial charge in [0.1, 0.15) is 23.1 Å². The van der Waals surface area contributed by atoms with E-state index in [9.17, 15) is 31.4 Å². The highest BCUT2D eigenvalue weighted by Gasteiger charge is 2.53. The van der Waals surface area contributed by atoms with Gasteiger partial charge in [-0.15, -0.1) is 0 Å². The first-order chi connectivity index (χ1) is 29.4. The van der Waals surface area contributed by atoms with Gasteiger partial charge < -0.3 is 19.6 Å². The van der Waals surface area contributed by atoms with Crippen molar-refractivity contribution >= 4 is 23.2 Å². The number of hydrogen-bond acceptors (Lipinski definition) is 6. The number of aryl methyl sites for hydroxylation is 3. The van der Waals surface area contributed by atoms with E-state index in [1.54, 1.807) is 85.8 Å². The van der Waals surface area contributed by atoms with Crippen LogP contribution >= 0.6 is 0 Å². The van der Waals surface area contributed by atoms with Gasteiger partial charge >= 0.3 is 12.4 Å². The minimum absolute atomic E-state index is 0.00216. The fourth-order valence-electron chi connectivity index (χ4n) is 7.22. The van der Waals surface area contributed by atoms with Crippen LogP contribution in [0.4, 0.5) is 37.7 Å². The van der Waals surface area contributed by atoms with E-state index in [1.165, 1.54) is 41.2 Å². The fourth-order valence-corrected chi connectivity index (χ4v) is 7.22. The van der Waals surface area contributed by atoms with Gasteiger partial charge in [0.15, 0.2) is 5.60 Å². The highest BCUT2D eigenvalue weighted by Crippen LogP contribution is 2.43. The van der Waals surface area contributed by atoms with Crippen molar-refractivity contribution in [2.45, 2.75) is 57.5 Å². The molecule has 0 aliphatic rings. The molecule has 6 aromatic rings. The number of methoxy groups -OCH3 is 1. The number of ether oxygens (including phenoxy) is 1. The lowest BCUT2D eigenvalue weighted by Crippen LogP contribution is -2.55. The van der Waals surface area contributed by atoms with Crippen molar-refractivity contribution in [1.82, 2.24) is 9.97 Å². The van der Waals surface area contributed by atoms with Gasteiger partial charge in [0.05, 0.1) is 7.11 Å². The van der Waals surface area contributed by atoms with Crippen molar-refractivity contribution in [3.63, 3.8) is 0 Å². The van der Waals surface area contributed by atoms with Crippen LogP contribution in [0, 0.1) is 20.8 Å². The summed E-state index contributed by atoms with van der Waals surface area (Å²) in [6, 6.07) is 30.8. The lowest BCUT2D eigenvalue weighted by atomic mass is 9.75. The highest BCUT2D eigenvalue weighted by atomic mass is 19.4. The summed E-state index contributed by atoms with van der Waals surface area (Å²) in [4.78, 5) is 41.3. The molecule has 0 fully saturated rings. The molecule has 0 aliphatic carbocycles. The molecule has 6 rings (SSSR count). The molecule has 0 saturated heterocycles. The van der Waals surface area contributed by atoms with E-state index in [0.29, 0.717) is 22.6 Å². The minimum atomic E-state index is -4.66. The lowest BCUT2D eigenvalue weighted by molar-refractivity contribution is -0.146. The van der Waals surface area contributed by atoms with Crippen LogP contribution in [-0.4, -0.2) is 47.1 Å². The van der Waals surface area contributed by atoms with Gasteiger partial charge in [0.2, 0.25) is 5.91 Å². The number of rotatable bonds is 14. The molecule has 0 radical (unpaired) electrons. The number of hydrogen-bond donors (Lipinski definition) is 1. The van der Waals surface area contributed by atoms with Crippen LogP contribution in [0.3, 0.4) is 0 Å². The molecule has 1 N–H and O–H groups in total. The molecule has 14 heteroatoms. The summed E-state index contributed by atoms with van der Waals surface area (Å²) >= 11 is 0. The summed E-state index contributed by atoms with van der Waals surface area (Å²) < 4.78 is 86.0. The molecule has 0 bridgehead atoms. The van der Waals surface area contributed by atoms with Gasteiger partial charge in [-0.25, -0.2) is 0 Å². The van der Waals surface area contributed by atoms with Gasteiger partial charge in [0.25, 0.3) is 5.91 Å². The van der Waals surface area contributed by atoms with E-state index in [1.807, 2.05) is 19.9 Å². The number of carbonyl (C=O) groups excluding carboxylic acids is 2. The summed E-state index contributed by atoms with van der Waals surface area (Å²) in [7, 11) is 1.46. The van der Waals surface area contributed by atoms with E-state index in [2.05, 4.69) is 9.97 Å². The molecule has 4 aromatic carbocycles. The van der Waals surface area contributed by atoms with E-state index in [4.69, 9.17) is 4.74 Å². The SMILES string of the molecule is COc1cc(N(CCc2ccc(C(F)(F)F)nc2)C(=O)[C@@](O)(c2ccccc2)C(C(=O)N(CCc2ccc(C(F)(F)F)nc2)c2ccc(C)c(C)c2)c2ccccc2)ccc1C. The molecule has 8 nitrogen and oxygen atoms in total. The number of benzene rings is 4. The van der Waals surface area contributed by atoms with E-state index in [-0.39, 0.29) is 42.7 Å². The van der Waals surface area contributed by atoms with Crippen molar-refractivity contribution < 1.29 is 45.8 Å². The Balaban J connectivity index is 1.51. The first-order valence-corrected chi connectivity index (χ1v) is 19.6. The normalized spacial score (nSPS) is 13.2. The first kappa shape index (κ1) is 45.0. The number of amides is 2. The molecule has 0 aliphatic heterocycles. The number of nitrogens with zero attached hydrogens (tertiary/aromatic N) is 4. The van der Waals surface area contributed by atoms with Gasteiger partial charge in [0, 0.05) is 42.9 Å². The smallest absolute Gasteiger partial charge is 0.433 e. The van der Waals surface area contributed by atoms with Crippen molar-refractivity contribution in [2.24, 2.45) is 0 Å². The lowest BCUT2D eigenvalue weighted by Gasteiger charge is -2.41. The Bertz CT molecular complexity index is 2480. The summed E-state index contributed by atoms with van der Waals surface area (Å²) in [6.45, 7) is 5.30. The monoisotopic (exact) mass is 854 g/mol. The summed E-state index contributed by atoms with van der Waals surface area (Å²) in [5, 5.41) is 13.5. The average Bonchev–Trinajstić information content (AvgIpc) is 3.25. The molecule has 1 unspecified atom stereocenters. The standard InChI is InChI=1S/C48H44F6N4O4/c1-31-15-19-38(27-33(31)3)57(25-23-34-17-21-41(55-29-34)47(49,50)51)44(59)43(36-11-7-5-8-12-36)46(61,37-13-9-6-10-14-37)45(60)58(39-20-16-32(2)40(28-39)62-4)26-24-35-18-22-42(56-30-35)48(52,53)54/h5-22,27-30,43,61H,23-26H2,1-4H3/t43?,46-/m1/s1. The predicted octanol–water partition coefficient (Wildman–Crippen LogP) is 9.97. The number of aliphatic hydroxyl groups is 1. The van der Waals surface area contributed by atoms with E-state index >= 15 is 9.59 Å². The van der Waals surface area contributed by atoms with Crippen LogP contribution in [0.25, 0.3) is 0 Å². The maximum atomic E-state index is 15.7. The average molecular weight is 855 g/mol. The van der Waals surface area contributed by atoms with Crippen LogP contribution < -0.4 is 14.5 Å². The second-order valence-corrected chi connectivity index (χ2v) is 14.9. The predicted molar refractivity (Wildman–Crippen MR) is 224 cm³/mol. The van der Waals surface area contributed by atoms with E-state index in [0.717, 1.165) is 41.2 Å². The van der Waals surface area contributed by atoms with Crippen molar-refractivity contribution in [3.8, 4) is 5.75 Å². The van der Waals surface area contributed by atoms with Gasteiger partial charge in [-0.3, -0.25) is 19.6 Å². The fraction of sp³-hybridized carbons (Fsp3) is 0.250. The number of aromatic nitrogens is 2. The van der Waals surface area contributed by atoms with Crippen molar-refractivity contribution in [3.05, 3.63) is 184 Å². The molecule has 322 valence electrons. The maximum Gasteiger partial charge on any atom is 0.433 e. The molecule has 62 heavy (non-hydrogen) atoms. The zero-order chi connectivity index (χ0) is 44.8. The van der Waals surface area contributed by atoms with Crippen LogP contribution in [0.1, 0.15) is 56.2 Å². The molecule has 0 saturated carbocycles. The maximum absolute atomic E-state index is 15.7. The Kier molecular flexibility index (Phi) is 13.5. The number of anilines is 2. The Morgan fingerprint density at radius 2 is 1.13 bits per heavy atom. The third-order valence-electron chi connectivity index (χ3n) is 10.8. The van der Waals surface area contributed by atoms with Gasteiger partial charge in [-0.2, -0.15) is 26.3 Å². The van der Waals surface area contributed by atoms with Crippen LogP contribution in [0.2, 0.25) is 0 Å². The number of pyridine rings is 2. The summed E-state index contributed by atoms with van der Waals surface area (Å²) in [5.74, 6) is -2.86. The molecule has 0 spiro atoms. The van der Waals surface area contributed by atoms with Gasteiger partial charge in [-0.1, -0.05) is 84.9 Å². The molecule has 2 aromatic heterocycles. The first-order valence-electron chi connectivity index (χ1n) is 19.6. The number of carbonyl (C=O) groups is 2. The van der Waals surface area contributed by atoms with Crippen LogP contribution in [0.15, 0.2) is 134 Å². The second-order valence-electron chi connectivity index (χ2n) is 14.9. The Morgan fingerprint density at radius 3 is 1.61 bits per heavy atom. The number of alkyl halides is 6. The number of halogens is 6. The largest absolute Gasteiger partial charge is 0.496 e. The third-order valence-corrected chi connectivity index (χ3v) is 10.8. The third kappa shape index (κ3) is 9.97. The van der Waals surface area contributed by atoms with Crippen LogP contribution in [0.5, 0.6) is 5.75 Å². The molecule has 2 atom stereocenters. The molecule has 2 heterocycles. The second kappa shape index (κ2) is 18.6. The Morgan fingerprint density at radius 1 is 0.629 bits per heavy atom. The molecular weight excluding hydrogens is 811 g/mol. The summed E-state index contributed by atoms with van der Waals surface area (Å²) in [6.07, 6.45) is -7.08. The van der Waals surface area contributed by atoms with Gasteiger partial charge in [-0.05, 0) is 103 Å². The zero-order valence-electron chi connectivity index (χ0n) is 34.3. The Labute approximate surface area is 355 Å². The Hall–Kier alpha value is -6.54.